The smallest absolute Gasteiger partial charge is 0.00950 e. The van der Waals surface area contributed by atoms with Crippen molar-refractivity contribution in [2.24, 2.45) is 23.2 Å². The molecule has 2 unspecified atom stereocenters. The van der Waals surface area contributed by atoms with Gasteiger partial charge in [-0.05, 0) is 49.5 Å². The van der Waals surface area contributed by atoms with Gasteiger partial charge in [0.05, 0.1) is 0 Å². The zero-order valence-electron chi connectivity index (χ0n) is 12.8. The van der Waals surface area contributed by atoms with Crippen LogP contribution >= 0.6 is 0 Å². The first-order chi connectivity index (χ1) is 7.84. The van der Waals surface area contributed by atoms with E-state index in [-0.39, 0.29) is 0 Å². The van der Waals surface area contributed by atoms with Gasteiger partial charge in [-0.15, -0.1) is 0 Å². The second-order valence-electron chi connectivity index (χ2n) is 7.42. The van der Waals surface area contributed by atoms with Crippen LogP contribution in [0.5, 0.6) is 0 Å². The molecule has 1 aliphatic carbocycles. The maximum absolute atomic E-state index is 3.59. The Balaban J connectivity index is 2.48. The third-order valence-electron chi connectivity index (χ3n) is 5.09. The standard InChI is InChI=1S/C16H33N/c1-12-7-9-14(10-8-12)15(17-6)11-13(2)16(3,4)5/h12-15,17H,7-11H2,1-6H3. The molecule has 0 aromatic carbocycles. The molecule has 0 bridgehead atoms. The molecular weight excluding hydrogens is 206 g/mol. The summed E-state index contributed by atoms with van der Waals surface area (Å²) in [7, 11) is 2.15. The summed E-state index contributed by atoms with van der Waals surface area (Å²) >= 11 is 0. The maximum atomic E-state index is 3.59. The summed E-state index contributed by atoms with van der Waals surface area (Å²) in [6.07, 6.45) is 7.08. The van der Waals surface area contributed by atoms with Gasteiger partial charge in [-0.25, -0.2) is 0 Å². The van der Waals surface area contributed by atoms with Gasteiger partial charge in [-0.3, -0.25) is 0 Å². The summed E-state index contributed by atoms with van der Waals surface area (Å²) in [4.78, 5) is 0. The summed E-state index contributed by atoms with van der Waals surface area (Å²) in [5.74, 6) is 2.67. The van der Waals surface area contributed by atoms with Crippen LogP contribution in [0, 0.1) is 23.2 Å². The highest BCUT2D eigenvalue weighted by molar-refractivity contribution is 4.84. The lowest BCUT2D eigenvalue weighted by Gasteiger charge is -2.37. The Morgan fingerprint density at radius 3 is 2.06 bits per heavy atom. The highest BCUT2D eigenvalue weighted by atomic mass is 14.9. The second kappa shape index (κ2) is 6.22. The molecule has 1 rings (SSSR count). The molecular formula is C16H33N. The minimum absolute atomic E-state index is 0.442. The molecule has 0 spiro atoms. The lowest BCUT2D eigenvalue weighted by molar-refractivity contribution is 0.170. The minimum Gasteiger partial charge on any atom is -0.317 e. The number of rotatable bonds is 4. The van der Waals surface area contributed by atoms with Crippen molar-refractivity contribution in [2.75, 3.05) is 7.05 Å². The summed E-state index contributed by atoms with van der Waals surface area (Å²) in [5, 5.41) is 3.59. The second-order valence-corrected chi connectivity index (χ2v) is 7.42. The van der Waals surface area contributed by atoms with E-state index in [2.05, 4.69) is 47.0 Å². The Bertz CT molecular complexity index is 208. The normalized spacial score (nSPS) is 30.0. The average molecular weight is 239 g/mol. The number of nitrogens with one attached hydrogen (secondary N) is 1. The Morgan fingerprint density at radius 1 is 1.12 bits per heavy atom. The van der Waals surface area contributed by atoms with Gasteiger partial charge in [0.25, 0.3) is 0 Å². The van der Waals surface area contributed by atoms with E-state index in [1.54, 1.807) is 0 Å². The lowest BCUT2D eigenvalue weighted by atomic mass is 9.73. The monoisotopic (exact) mass is 239 g/mol. The van der Waals surface area contributed by atoms with Crippen molar-refractivity contribution < 1.29 is 0 Å². The molecule has 0 saturated heterocycles. The number of hydrogen-bond acceptors (Lipinski definition) is 1. The van der Waals surface area contributed by atoms with Gasteiger partial charge in [0.2, 0.25) is 0 Å². The Hall–Kier alpha value is -0.0400. The van der Waals surface area contributed by atoms with E-state index >= 15 is 0 Å². The predicted molar refractivity (Wildman–Crippen MR) is 77.2 cm³/mol. The molecule has 2 atom stereocenters. The fourth-order valence-corrected chi connectivity index (χ4v) is 2.97. The molecule has 1 nitrogen and oxygen atoms in total. The van der Waals surface area contributed by atoms with E-state index in [1.807, 2.05) is 0 Å². The molecule has 1 N–H and O–H groups in total. The third kappa shape index (κ3) is 4.62. The van der Waals surface area contributed by atoms with E-state index in [0.29, 0.717) is 5.41 Å². The molecule has 0 aromatic rings. The van der Waals surface area contributed by atoms with Gasteiger partial charge in [0.1, 0.15) is 0 Å². The van der Waals surface area contributed by atoms with Crippen molar-refractivity contribution in [1.82, 2.24) is 5.32 Å². The maximum Gasteiger partial charge on any atom is 0.00950 e. The van der Waals surface area contributed by atoms with Crippen LogP contribution in [0.4, 0.5) is 0 Å². The molecule has 1 heteroatoms. The minimum atomic E-state index is 0.442. The Kier molecular flexibility index (Phi) is 5.50. The van der Waals surface area contributed by atoms with Crippen LogP contribution in [0.3, 0.4) is 0 Å². The molecule has 0 amide bonds. The van der Waals surface area contributed by atoms with Crippen LogP contribution in [0.25, 0.3) is 0 Å². The molecule has 0 aliphatic heterocycles. The van der Waals surface area contributed by atoms with Gasteiger partial charge in [-0.1, -0.05) is 47.5 Å². The van der Waals surface area contributed by atoms with Crippen molar-refractivity contribution in [3.63, 3.8) is 0 Å². The molecule has 102 valence electrons. The largest absolute Gasteiger partial charge is 0.317 e. The van der Waals surface area contributed by atoms with E-state index in [9.17, 15) is 0 Å². The first-order valence-electron chi connectivity index (χ1n) is 7.51. The zero-order chi connectivity index (χ0) is 13.1. The predicted octanol–water partition coefficient (Wildman–Crippen LogP) is 4.47. The zero-order valence-corrected chi connectivity index (χ0v) is 12.8. The molecule has 0 radical (unpaired) electrons. The quantitative estimate of drug-likeness (QED) is 0.763. The highest BCUT2D eigenvalue weighted by Crippen LogP contribution is 2.35. The molecule has 17 heavy (non-hydrogen) atoms. The van der Waals surface area contributed by atoms with Gasteiger partial charge < -0.3 is 5.32 Å². The first-order valence-corrected chi connectivity index (χ1v) is 7.51. The van der Waals surface area contributed by atoms with E-state index in [1.165, 1.54) is 32.1 Å². The van der Waals surface area contributed by atoms with Crippen LogP contribution in [0.15, 0.2) is 0 Å². The Labute approximate surface area is 109 Å². The molecule has 1 saturated carbocycles. The van der Waals surface area contributed by atoms with Gasteiger partial charge in [0, 0.05) is 6.04 Å². The van der Waals surface area contributed by atoms with Crippen molar-refractivity contribution in [2.45, 2.75) is 72.8 Å². The van der Waals surface area contributed by atoms with Crippen molar-refractivity contribution in [1.29, 1.82) is 0 Å². The van der Waals surface area contributed by atoms with Crippen molar-refractivity contribution in [3.8, 4) is 0 Å². The molecule has 0 aromatic heterocycles. The fraction of sp³-hybridized carbons (Fsp3) is 1.00. The average Bonchev–Trinajstić information content (AvgIpc) is 2.25. The van der Waals surface area contributed by atoms with Crippen molar-refractivity contribution >= 4 is 0 Å². The highest BCUT2D eigenvalue weighted by Gasteiger charge is 2.29. The topological polar surface area (TPSA) is 12.0 Å². The van der Waals surface area contributed by atoms with Crippen LogP contribution < -0.4 is 5.32 Å². The van der Waals surface area contributed by atoms with Gasteiger partial charge in [-0.2, -0.15) is 0 Å². The van der Waals surface area contributed by atoms with Crippen LogP contribution in [-0.4, -0.2) is 13.1 Å². The van der Waals surface area contributed by atoms with Crippen LogP contribution in [0.2, 0.25) is 0 Å². The van der Waals surface area contributed by atoms with E-state index < -0.39 is 0 Å². The third-order valence-corrected chi connectivity index (χ3v) is 5.09. The Morgan fingerprint density at radius 2 is 1.65 bits per heavy atom. The summed E-state index contributed by atoms with van der Waals surface area (Å²) in [5.41, 5.74) is 0.442. The van der Waals surface area contributed by atoms with Gasteiger partial charge in [0.15, 0.2) is 0 Å². The summed E-state index contributed by atoms with van der Waals surface area (Å²) in [6, 6.07) is 0.733. The van der Waals surface area contributed by atoms with Gasteiger partial charge >= 0.3 is 0 Å². The molecule has 0 heterocycles. The summed E-state index contributed by atoms with van der Waals surface area (Å²) in [6.45, 7) is 11.9. The number of hydrogen-bond donors (Lipinski definition) is 1. The SMILES string of the molecule is CNC(CC(C)C(C)(C)C)C1CCC(C)CC1. The molecule has 1 aliphatic rings. The fourth-order valence-electron chi connectivity index (χ4n) is 2.97. The lowest BCUT2D eigenvalue weighted by Crippen LogP contribution is -2.38. The summed E-state index contributed by atoms with van der Waals surface area (Å²) < 4.78 is 0. The van der Waals surface area contributed by atoms with Crippen LogP contribution in [-0.2, 0) is 0 Å². The molecule has 1 fully saturated rings. The van der Waals surface area contributed by atoms with Crippen molar-refractivity contribution in [3.05, 3.63) is 0 Å². The first kappa shape index (κ1) is 15.0. The van der Waals surface area contributed by atoms with Crippen LogP contribution in [0.1, 0.15) is 66.7 Å². The van der Waals surface area contributed by atoms with E-state index in [4.69, 9.17) is 0 Å². The van der Waals surface area contributed by atoms with E-state index in [0.717, 1.165) is 23.8 Å².